The largest absolute Gasteiger partial charge is 0.380 e. The van der Waals surface area contributed by atoms with Gasteiger partial charge in [-0.15, -0.1) is 0 Å². The first-order valence-corrected chi connectivity index (χ1v) is 5.98. The Morgan fingerprint density at radius 3 is 2.62 bits per heavy atom. The minimum absolute atomic E-state index is 0.777. The standard InChI is InChI=1S/C14H25NO/c1-5-13(3)7-8-14(6-2)9-11-16-12-10-15-4/h6-8,15H,3,5,9-12H2,1-2,4H3/b8-7-,14-6+. The first-order valence-electron chi connectivity index (χ1n) is 5.98. The van der Waals surface area contributed by atoms with Gasteiger partial charge in [-0.05, 0) is 32.4 Å². The third-order valence-corrected chi connectivity index (χ3v) is 2.39. The Hall–Kier alpha value is -0.860. The van der Waals surface area contributed by atoms with Gasteiger partial charge < -0.3 is 10.1 Å². The van der Waals surface area contributed by atoms with Crippen LogP contribution in [-0.2, 0) is 4.74 Å². The van der Waals surface area contributed by atoms with E-state index in [1.165, 1.54) is 5.57 Å². The van der Waals surface area contributed by atoms with Gasteiger partial charge in [-0.2, -0.15) is 0 Å². The third-order valence-electron chi connectivity index (χ3n) is 2.39. The molecule has 0 atom stereocenters. The SMILES string of the molecule is C=C(/C=C\C(=C/C)CCOCCNC)CC. The lowest BCUT2D eigenvalue weighted by atomic mass is 10.1. The molecule has 0 aliphatic carbocycles. The van der Waals surface area contributed by atoms with Crippen molar-refractivity contribution >= 4 is 0 Å². The van der Waals surface area contributed by atoms with Gasteiger partial charge in [-0.25, -0.2) is 0 Å². The number of hydrogen-bond acceptors (Lipinski definition) is 2. The van der Waals surface area contributed by atoms with Crippen molar-refractivity contribution in [1.29, 1.82) is 0 Å². The van der Waals surface area contributed by atoms with Crippen molar-refractivity contribution in [3.05, 3.63) is 36.0 Å². The van der Waals surface area contributed by atoms with Gasteiger partial charge in [0.2, 0.25) is 0 Å². The molecular weight excluding hydrogens is 198 g/mol. The second-order valence-corrected chi connectivity index (χ2v) is 3.67. The molecular formula is C14H25NO. The zero-order chi connectivity index (χ0) is 12.2. The predicted octanol–water partition coefficient (Wildman–Crippen LogP) is 3.08. The summed E-state index contributed by atoms with van der Waals surface area (Å²) >= 11 is 0. The fourth-order valence-electron chi connectivity index (χ4n) is 1.13. The highest BCUT2D eigenvalue weighted by Gasteiger charge is 1.93. The number of rotatable bonds is 9. The van der Waals surface area contributed by atoms with Crippen molar-refractivity contribution in [2.24, 2.45) is 0 Å². The number of likely N-dealkylation sites (N-methyl/N-ethyl adjacent to an activating group) is 1. The molecule has 0 aromatic carbocycles. The van der Waals surface area contributed by atoms with Crippen molar-refractivity contribution < 1.29 is 4.74 Å². The minimum Gasteiger partial charge on any atom is -0.380 e. The van der Waals surface area contributed by atoms with Crippen molar-refractivity contribution in [2.45, 2.75) is 26.7 Å². The van der Waals surface area contributed by atoms with Crippen LogP contribution in [0.2, 0.25) is 0 Å². The Morgan fingerprint density at radius 2 is 2.06 bits per heavy atom. The molecule has 0 aromatic rings. The Morgan fingerprint density at radius 1 is 1.31 bits per heavy atom. The zero-order valence-corrected chi connectivity index (χ0v) is 10.9. The lowest BCUT2D eigenvalue weighted by molar-refractivity contribution is 0.141. The molecule has 16 heavy (non-hydrogen) atoms. The molecule has 0 bridgehead atoms. The fourth-order valence-corrected chi connectivity index (χ4v) is 1.13. The average Bonchev–Trinajstić information content (AvgIpc) is 2.32. The number of nitrogens with one attached hydrogen (secondary N) is 1. The van der Waals surface area contributed by atoms with Crippen LogP contribution in [0, 0.1) is 0 Å². The Balaban J connectivity index is 3.77. The maximum Gasteiger partial charge on any atom is 0.0590 e. The van der Waals surface area contributed by atoms with Crippen LogP contribution in [0.1, 0.15) is 26.7 Å². The molecule has 1 N–H and O–H groups in total. The van der Waals surface area contributed by atoms with Crippen LogP contribution in [0.15, 0.2) is 36.0 Å². The second kappa shape index (κ2) is 10.7. The van der Waals surface area contributed by atoms with E-state index >= 15 is 0 Å². The van der Waals surface area contributed by atoms with E-state index in [1.54, 1.807) is 0 Å². The zero-order valence-electron chi connectivity index (χ0n) is 10.9. The molecule has 0 rings (SSSR count). The lowest BCUT2D eigenvalue weighted by Crippen LogP contribution is -2.14. The van der Waals surface area contributed by atoms with Gasteiger partial charge in [0, 0.05) is 6.54 Å². The van der Waals surface area contributed by atoms with Crippen LogP contribution >= 0.6 is 0 Å². The first-order chi connectivity index (χ1) is 7.74. The van der Waals surface area contributed by atoms with Crippen LogP contribution in [0.25, 0.3) is 0 Å². The van der Waals surface area contributed by atoms with Crippen molar-refractivity contribution in [3.63, 3.8) is 0 Å². The summed E-state index contributed by atoms with van der Waals surface area (Å²) < 4.78 is 5.48. The molecule has 92 valence electrons. The maximum atomic E-state index is 5.48. The molecule has 0 amide bonds. The summed E-state index contributed by atoms with van der Waals surface area (Å²) in [6.07, 6.45) is 8.32. The topological polar surface area (TPSA) is 21.3 Å². The normalized spacial score (nSPS) is 12.3. The summed E-state index contributed by atoms with van der Waals surface area (Å²) in [5.74, 6) is 0. The first kappa shape index (κ1) is 15.1. The molecule has 0 aliphatic heterocycles. The molecule has 0 spiro atoms. The van der Waals surface area contributed by atoms with Crippen molar-refractivity contribution in [2.75, 3.05) is 26.8 Å². The van der Waals surface area contributed by atoms with Crippen LogP contribution in [0.5, 0.6) is 0 Å². The van der Waals surface area contributed by atoms with Crippen molar-refractivity contribution in [3.8, 4) is 0 Å². The van der Waals surface area contributed by atoms with E-state index < -0.39 is 0 Å². The molecule has 2 heteroatoms. The summed E-state index contributed by atoms with van der Waals surface area (Å²) in [6, 6.07) is 0. The summed E-state index contributed by atoms with van der Waals surface area (Å²) in [6.45, 7) is 10.6. The molecule has 0 radical (unpaired) electrons. The maximum absolute atomic E-state index is 5.48. The summed E-state index contributed by atoms with van der Waals surface area (Å²) in [4.78, 5) is 0. The van der Waals surface area contributed by atoms with E-state index in [4.69, 9.17) is 4.74 Å². The number of ether oxygens (including phenoxy) is 1. The van der Waals surface area contributed by atoms with Crippen LogP contribution in [0.3, 0.4) is 0 Å². The molecule has 0 fully saturated rings. The molecule has 0 saturated heterocycles. The van der Waals surface area contributed by atoms with Crippen LogP contribution < -0.4 is 5.32 Å². The van der Waals surface area contributed by atoms with Gasteiger partial charge in [0.15, 0.2) is 0 Å². The van der Waals surface area contributed by atoms with E-state index in [-0.39, 0.29) is 0 Å². The van der Waals surface area contributed by atoms with Crippen LogP contribution in [-0.4, -0.2) is 26.8 Å². The van der Waals surface area contributed by atoms with E-state index in [9.17, 15) is 0 Å². The van der Waals surface area contributed by atoms with E-state index in [1.807, 2.05) is 7.05 Å². The van der Waals surface area contributed by atoms with Gasteiger partial charge in [-0.1, -0.05) is 37.3 Å². The Kier molecular flexibility index (Phi) is 10.1. The molecule has 2 nitrogen and oxygen atoms in total. The molecule has 0 aliphatic rings. The summed E-state index contributed by atoms with van der Waals surface area (Å²) in [7, 11) is 1.93. The van der Waals surface area contributed by atoms with E-state index in [0.717, 1.165) is 38.2 Å². The molecule has 0 heterocycles. The van der Waals surface area contributed by atoms with Gasteiger partial charge in [0.25, 0.3) is 0 Å². The molecule has 0 aromatic heterocycles. The summed E-state index contributed by atoms with van der Waals surface area (Å²) in [5, 5.41) is 3.05. The van der Waals surface area contributed by atoms with E-state index in [0.29, 0.717) is 0 Å². The quantitative estimate of drug-likeness (QED) is 0.479. The van der Waals surface area contributed by atoms with Gasteiger partial charge in [-0.3, -0.25) is 0 Å². The second-order valence-electron chi connectivity index (χ2n) is 3.67. The van der Waals surface area contributed by atoms with Gasteiger partial charge >= 0.3 is 0 Å². The summed E-state index contributed by atoms with van der Waals surface area (Å²) in [5.41, 5.74) is 2.47. The molecule has 0 unspecified atom stereocenters. The predicted molar refractivity (Wildman–Crippen MR) is 71.7 cm³/mol. The van der Waals surface area contributed by atoms with Crippen molar-refractivity contribution in [1.82, 2.24) is 5.32 Å². The number of hydrogen-bond donors (Lipinski definition) is 1. The highest BCUT2D eigenvalue weighted by Crippen LogP contribution is 2.07. The fraction of sp³-hybridized carbons (Fsp3) is 0.571. The number of allylic oxidation sites excluding steroid dienone is 4. The van der Waals surface area contributed by atoms with E-state index in [2.05, 4.69) is 44.0 Å². The average molecular weight is 223 g/mol. The Labute approximate surface area is 100 Å². The highest BCUT2D eigenvalue weighted by molar-refractivity contribution is 5.25. The smallest absolute Gasteiger partial charge is 0.0590 e. The third kappa shape index (κ3) is 8.45. The van der Waals surface area contributed by atoms with Gasteiger partial charge in [0.05, 0.1) is 13.2 Å². The minimum atomic E-state index is 0.777. The van der Waals surface area contributed by atoms with Crippen LogP contribution in [0.4, 0.5) is 0 Å². The Bertz CT molecular complexity index is 241. The highest BCUT2D eigenvalue weighted by atomic mass is 16.5. The lowest BCUT2D eigenvalue weighted by Gasteiger charge is -2.04. The van der Waals surface area contributed by atoms with Gasteiger partial charge in [0.1, 0.15) is 0 Å². The molecule has 0 saturated carbocycles. The monoisotopic (exact) mass is 223 g/mol.